The van der Waals surface area contributed by atoms with Crippen molar-refractivity contribution in [2.24, 2.45) is 17.5 Å². The molecule has 0 radical (unpaired) electrons. The first-order valence-electron chi connectivity index (χ1n) is 4.14. The molecule has 66 valence electrons. The average molecular weight is 158 g/mol. The van der Waals surface area contributed by atoms with Gasteiger partial charge in [-0.1, -0.05) is 0 Å². The number of nitrogens with one attached hydrogen (secondary N) is 1. The molecule has 11 heavy (non-hydrogen) atoms. The van der Waals surface area contributed by atoms with Gasteiger partial charge in [-0.05, 0) is 26.4 Å². The lowest BCUT2D eigenvalue weighted by Crippen LogP contribution is -2.52. The third-order valence-corrected chi connectivity index (χ3v) is 2.36. The fourth-order valence-corrected chi connectivity index (χ4v) is 1.64. The Morgan fingerprint density at radius 2 is 2.36 bits per heavy atom. The minimum absolute atomic E-state index is 0.0438. The molecule has 1 saturated heterocycles. The van der Waals surface area contributed by atoms with E-state index in [0.717, 1.165) is 6.54 Å². The summed E-state index contributed by atoms with van der Waals surface area (Å²) in [5, 5.41) is 0. The van der Waals surface area contributed by atoms with Crippen molar-refractivity contribution in [3.8, 4) is 0 Å². The molecular weight excluding hydrogens is 140 g/mol. The zero-order chi connectivity index (χ0) is 8.27. The lowest BCUT2D eigenvalue weighted by molar-refractivity contribution is 0.175. The largest absolute Gasteiger partial charge is 0.315 e. The summed E-state index contributed by atoms with van der Waals surface area (Å²) in [7, 11) is 2.12. The molecule has 0 aromatic heterocycles. The van der Waals surface area contributed by atoms with Crippen LogP contribution in [0.15, 0.2) is 0 Å². The molecular formula is C7H18N4. The molecule has 1 aliphatic heterocycles. The van der Waals surface area contributed by atoms with Gasteiger partial charge in [-0.2, -0.15) is 0 Å². The molecule has 1 fully saturated rings. The predicted molar refractivity (Wildman–Crippen MR) is 45.5 cm³/mol. The van der Waals surface area contributed by atoms with Gasteiger partial charge in [0.25, 0.3) is 0 Å². The molecule has 2 atom stereocenters. The van der Waals surface area contributed by atoms with E-state index in [0.29, 0.717) is 5.92 Å². The van der Waals surface area contributed by atoms with Crippen LogP contribution in [0.3, 0.4) is 0 Å². The molecule has 0 aromatic rings. The van der Waals surface area contributed by atoms with Crippen LogP contribution in [0.1, 0.15) is 12.8 Å². The molecule has 0 spiro atoms. The van der Waals surface area contributed by atoms with Crippen LogP contribution in [-0.2, 0) is 0 Å². The van der Waals surface area contributed by atoms with Gasteiger partial charge in [0.15, 0.2) is 0 Å². The first kappa shape index (κ1) is 8.93. The highest BCUT2D eigenvalue weighted by Crippen LogP contribution is 2.15. The minimum atomic E-state index is -0.0438. The highest BCUT2D eigenvalue weighted by Gasteiger charge is 2.21. The summed E-state index contributed by atoms with van der Waals surface area (Å²) in [6.07, 6.45) is 2.38. The Hall–Kier alpha value is -0.160. The maximum atomic E-state index is 5.75. The van der Waals surface area contributed by atoms with Crippen molar-refractivity contribution < 1.29 is 0 Å². The highest BCUT2D eigenvalue weighted by molar-refractivity contribution is 4.76. The van der Waals surface area contributed by atoms with E-state index in [2.05, 4.69) is 17.4 Å². The maximum Gasteiger partial charge on any atom is 0.0717 e. The molecule has 4 nitrogen and oxygen atoms in total. The molecule has 1 heterocycles. The number of likely N-dealkylation sites (tertiary alicyclic amines) is 1. The van der Waals surface area contributed by atoms with Gasteiger partial charge in [-0.3, -0.25) is 5.84 Å². The van der Waals surface area contributed by atoms with Crippen LogP contribution >= 0.6 is 0 Å². The number of hydrazine groups is 1. The predicted octanol–water partition coefficient (Wildman–Crippen LogP) is -0.924. The normalized spacial score (nSPS) is 30.3. The highest BCUT2D eigenvalue weighted by atomic mass is 15.3. The summed E-state index contributed by atoms with van der Waals surface area (Å²) in [6, 6.07) is 0. The van der Waals surface area contributed by atoms with Crippen LogP contribution in [-0.4, -0.2) is 31.2 Å². The van der Waals surface area contributed by atoms with Crippen LogP contribution in [0.4, 0.5) is 0 Å². The van der Waals surface area contributed by atoms with E-state index < -0.39 is 0 Å². The summed E-state index contributed by atoms with van der Waals surface area (Å²) in [5.74, 6) is 5.77. The van der Waals surface area contributed by atoms with Gasteiger partial charge < -0.3 is 10.6 Å². The van der Waals surface area contributed by atoms with Crippen LogP contribution in [0.2, 0.25) is 0 Å². The Morgan fingerprint density at radius 1 is 1.64 bits per heavy atom. The first-order chi connectivity index (χ1) is 5.24. The van der Waals surface area contributed by atoms with E-state index >= 15 is 0 Å². The second kappa shape index (κ2) is 4.01. The second-order valence-electron chi connectivity index (χ2n) is 3.36. The summed E-state index contributed by atoms with van der Waals surface area (Å²) in [6.45, 7) is 2.25. The lowest BCUT2D eigenvalue weighted by atomic mass is 9.96. The SMILES string of the molecule is CN1CCCC(C(N)NN)C1. The number of hydrogen-bond donors (Lipinski definition) is 3. The molecule has 5 N–H and O–H groups in total. The molecule has 2 unspecified atom stereocenters. The molecule has 1 aliphatic rings. The van der Waals surface area contributed by atoms with Gasteiger partial charge in [0.1, 0.15) is 0 Å². The molecule has 0 bridgehead atoms. The summed E-state index contributed by atoms with van der Waals surface area (Å²) >= 11 is 0. The molecule has 0 amide bonds. The Bertz CT molecular complexity index is 117. The van der Waals surface area contributed by atoms with Crippen molar-refractivity contribution in [3.05, 3.63) is 0 Å². The topological polar surface area (TPSA) is 67.3 Å². The van der Waals surface area contributed by atoms with Gasteiger partial charge in [0.05, 0.1) is 6.17 Å². The van der Waals surface area contributed by atoms with Gasteiger partial charge in [-0.25, -0.2) is 5.43 Å². The van der Waals surface area contributed by atoms with Crippen LogP contribution < -0.4 is 17.0 Å². The number of hydrogen-bond acceptors (Lipinski definition) is 4. The van der Waals surface area contributed by atoms with E-state index in [1.54, 1.807) is 0 Å². The average Bonchev–Trinajstić information content (AvgIpc) is 2.03. The summed E-state index contributed by atoms with van der Waals surface area (Å²) in [4.78, 5) is 2.30. The summed E-state index contributed by atoms with van der Waals surface area (Å²) < 4.78 is 0. The van der Waals surface area contributed by atoms with E-state index in [1.165, 1.54) is 19.4 Å². The van der Waals surface area contributed by atoms with Crippen molar-refractivity contribution in [2.75, 3.05) is 20.1 Å². The monoisotopic (exact) mass is 158 g/mol. The van der Waals surface area contributed by atoms with Crippen molar-refractivity contribution in [2.45, 2.75) is 19.0 Å². The Labute approximate surface area is 67.9 Å². The molecule has 0 aliphatic carbocycles. The maximum absolute atomic E-state index is 5.75. The smallest absolute Gasteiger partial charge is 0.0717 e. The van der Waals surface area contributed by atoms with E-state index in [-0.39, 0.29) is 6.17 Å². The van der Waals surface area contributed by atoms with Gasteiger partial charge in [-0.15, -0.1) is 0 Å². The number of nitrogens with two attached hydrogens (primary N) is 2. The van der Waals surface area contributed by atoms with Gasteiger partial charge in [0, 0.05) is 12.5 Å². The van der Waals surface area contributed by atoms with Crippen molar-refractivity contribution in [3.63, 3.8) is 0 Å². The van der Waals surface area contributed by atoms with E-state index in [1.807, 2.05) is 0 Å². The van der Waals surface area contributed by atoms with Crippen LogP contribution in [0, 0.1) is 5.92 Å². The van der Waals surface area contributed by atoms with E-state index in [9.17, 15) is 0 Å². The number of nitrogens with zero attached hydrogens (tertiary/aromatic N) is 1. The molecule has 1 rings (SSSR count). The standard InChI is InChI=1S/C7H18N4/c1-11-4-2-3-6(5-11)7(8)10-9/h6-7,10H,2-5,8-9H2,1H3. The zero-order valence-electron chi connectivity index (χ0n) is 7.09. The third-order valence-electron chi connectivity index (χ3n) is 2.36. The number of piperidine rings is 1. The van der Waals surface area contributed by atoms with Crippen molar-refractivity contribution in [1.82, 2.24) is 10.3 Å². The molecule has 4 heteroatoms. The molecule has 0 aromatic carbocycles. The Morgan fingerprint density at radius 3 is 2.91 bits per heavy atom. The minimum Gasteiger partial charge on any atom is -0.315 e. The van der Waals surface area contributed by atoms with Crippen molar-refractivity contribution in [1.29, 1.82) is 0 Å². The third kappa shape index (κ3) is 2.41. The second-order valence-corrected chi connectivity index (χ2v) is 3.36. The van der Waals surface area contributed by atoms with Crippen LogP contribution in [0.25, 0.3) is 0 Å². The van der Waals surface area contributed by atoms with E-state index in [4.69, 9.17) is 11.6 Å². The Balaban J connectivity index is 2.33. The zero-order valence-corrected chi connectivity index (χ0v) is 7.09. The van der Waals surface area contributed by atoms with Crippen LogP contribution in [0.5, 0.6) is 0 Å². The Kier molecular flexibility index (Phi) is 3.26. The molecule has 0 saturated carbocycles. The summed E-state index contributed by atoms with van der Waals surface area (Å²) in [5.41, 5.74) is 8.35. The van der Waals surface area contributed by atoms with Crippen molar-refractivity contribution >= 4 is 0 Å². The fourth-order valence-electron chi connectivity index (χ4n) is 1.64. The first-order valence-corrected chi connectivity index (χ1v) is 4.14. The lowest BCUT2D eigenvalue weighted by Gasteiger charge is -2.32. The number of rotatable bonds is 2. The van der Waals surface area contributed by atoms with Gasteiger partial charge in [0.2, 0.25) is 0 Å². The quantitative estimate of drug-likeness (QED) is 0.276. The fraction of sp³-hybridized carbons (Fsp3) is 1.00. The van der Waals surface area contributed by atoms with Gasteiger partial charge >= 0.3 is 0 Å².